The summed E-state index contributed by atoms with van der Waals surface area (Å²) < 4.78 is 10.7. The second kappa shape index (κ2) is 9.79. The minimum Gasteiger partial charge on any atom is -0.394 e. The summed E-state index contributed by atoms with van der Waals surface area (Å²) in [6.45, 7) is 2.59. The monoisotopic (exact) mass is 247 g/mol. The van der Waals surface area contributed by atoms with Gasteiger partial charge in [-0.25, -0.2) is 0 Å². The normalized spacial score (nSPS) is 18.7. The van der Waals surface area contributed by atoms with Crippen molar-refractivity contribution in [3.05, 3.63) is 0 Å². The minimum atomic E-state index is -0.451. The fraction of sp³-hybridized carbons (Fsp3) is 1.00. The first-order valence-corrected chi connectivity index (χ1v) is 6.52. The van der Waals surface area contributed by atoms with Gasteiger partial charge in [0.2, 0.25) is 0 Å². The van der Waals surface area contributed by atoms with Gasteiger partial charge in [-0.3, -0.25) is 0 Å². The lowest BCUT2D eigenvalue weighted by Gasteiger charge is -2.16. The van der Waals surface area contributed by atoms with Crippen LogP contribution in [0.4, 0.5) is 0 Å². The van der Waals surface area contributed by atoms with E-state index >= 15 is 0 Å². The van der Waals surface area contributed by atoms with Gasteiger partial charge >= 0.3 is 0 Å². The van der Waals surface area contributed by atoms with E-state index in [1.165, 1.54) is 12.8 Å². The Hall–Kier alpha value is -0.200. The van der Waals surface area contributed by atoms with Gasteiger partial charge < -0.3 is 25.0 Å². The van der Waals surface area contributed by atoms with Gasteiger partial charge in [-0.05, 0) is 12.8 Å². The summed E-state index contributed by atoms with van der Waals surface area (Å²) in [5, 5.41) is 21.2. The van der Waals surface area contributed by atoms with Crippen LogP contribution in [-0.2, 0) is 9.47 Å². The molecule has 0 aromatic heterocycles. The summed E-state index contributed by atoms with van der Waals surface area (Å²) in [6.07, 6.45) is 4.68. The Balaban J connectivity index is 1.85. The molecule has 1 aliphatic rings. The van der Waals surface area contributed by atoms with Crippen LogP contribution in [0.2, 0.25) is 0 Å². The van der Waals surface area contributed by atoms with Gasteiger partial charge in [0, 0.05) is 13.1 Å². The van der Waals surface area contributed by atoms with E-state index < -0.39 is 6.10 Å². The topological polar surface area (TPSA) is 71.0 Å². The third-order valence-corrected chi connectivity index (χ3v) is 2.87. The van der Waals surface area contributed by atoms with Crippen LogP contribution >= 0.6 is 0 Å². The molecule has 1 saturated carbocycles. The third kappa shape index (κ3) is 7.68. The molecule has 3 N–H and O–H groups in total. The number of ether oxygens (including phenoxy) is 2. The van der Waals surface area contributed by atoms with Crippen molar-refractivity contribution in [2.45, 2.75) is 37.9 Å². The first kappa shape index (κ1) is 14.9. The molecular weight excluding hydrogens is 222 g/mol. The van der Waals surface area contributed by atoms with E-state index in [1.54, 1.807) is 0 Å². The summed E-state index contributed by atoms with van der Waals surface area (Å²) in [5.74, 6) is 0. The molecule has 0 spiro atoms. The van der Waals surface area contributed by atoms with Gasteiger partial charge in [0.15, 0.2) is 0 Å². The molecule has 0 aliphatic heterocycles. The number of hydrogen-bond acceptors (Lipinski definition) is 5. The fourth-order valence-corrected chi connectivity index (χ4v) is 1.94. The fourth-order valence-electron chi connectivity index (χ4n) is 1.94. The molecule has 0 radical (unpaired) electrons. The Kier molecular flexibility index (Phi) is 8.56. The van der Waals surface area contributed by atoms with E-state index in [2.05, 4.69) is 5.32 Å². The SMILES string of the molecule is OCCOCCNCC(O)COC1CCCC1. The van der Waals surface area contributed by atoms with Gasteiger partial charge in [0.05, 0.1) is 38.6 Å². The van der Waals surface area contributed by atoms with E-state index in [0.717, 1.165) is 12.8 Å². The van der Waals surface area contributed by atoms with Crippen molar-refractivity contribution in [1.82, 2.24) is 5.32 Å². The Morgan fingerprint density at radius 1 is 1.24 bits per heavy atom. The molecule has 1 atom stereocenters. The van der Waals surface area contributed by atoms with Crippen LogP contribution in [-0.4, -0.2) is 61.9 Å². The maximum atomic E-state index is 9.64. The lowest BCUT2D eigenvalue weighted by molar-refractivity contribution is -0.00605. The predicted octanol–water partition coefficient (Wildman–Crippen LogP) is -0.0950. The average Bonchev–Trinajstić information content (AvgIpc) is 2.84. The maximum absolute atomic E-state index is 9.64. The molecule has 102 valence electrons. The highest BCUT2D eigenvalue weighted by Gasteiger charge is 2.16. The second-order valence-electron chi connectivity index (χ2n) is 4.43. The first-order valence-electron chi connectivity index (χ1n) is 6.52. The molecule has 0 amide bonds. The van der Waals surface area contributed by atoms with Crippen molar-refractivity contribution >= 4 is 0 Å². The quantitative estimate of drug-likeness (QED) is 0.470. The Bertz CT molecular complexity index is 174. The van der Waals surface area contributed by atoms with Crippen molar-refractivity contribution < 1.29 is 19.7 Å². The predicted molar refractivity (Wildman–Crippen MR) is 65.0 cm³/mol. The zero-order chi connectivity index (χ0) is 12.3. The Morgan fingerprint density at radius 2 is 2.00 bits per heavy atom. The van der Waals surface area contributed by atoms with Crippen molar-refractivity contribution in [1.29, 1.82) is 0 Å². The molecule has 0 aromatic rings. The van der Waals surface area contributed by atoms with Crippen molar-refractivity contribution in [3.8, 4) is 0 Å². The third-order valence-electron chi connectivity index (χ3n) is 2.87. The highest BCUT2D eigenvalue weighted by atomic mass is 16.5. The van der Waals surface area contributed by atoms with Crippen LogP contribution in [0, 0.1) is 0 Å². The van der Waals surface area contributed by atoms with Gasteiger partial charge in [-0.2, -0.15) is 0 Å². The summed E-state index contributed by atoms with van der Waals surface area (Å²) in [7, 11) is 0. The van der Waals surface area contributed by atoms with Gasteiger partial charge in [-0.15, -0.1) is 0 Å². The van der Waals surface area contributed by atoms with Crippen LogP contribution in [0.1, 0.15) is 25.7 Å². The molecule has 0 bridgehead atoms. The van der Waals surface area contributed by atoms with Gasteiger partial charge in [-0.1, -0.05) is 12.8 Å². The number of hydrogen-bond donors (Lipinski definition) is 3. The van der Waals surface area contributed by atoms with Crippen molar-refractivity contribution in [2.75, 3.05) is 39.5 Å². The van der Waals surface area contributed by atoms with E-state index in [9.17, 15) is 5.11 Å². The first-order chi connectivity index (χ1) is 8.33. The van der Waals surface area contributed by atoms with Gasteiger partial charge in [0.25, 0.3) is 0 Å². The molecule has 0 aromatic carbocycles. The van der Waals surface area contributed by atoms with Crippen LogP contribution in [0.15, 0.2) is 0 Å². The Labute approximate surface area is 103 Å². The van der Waals surface area contributed by atoms with Crippen molar-refractivity contribution in [2.24, 2.45) is 0 Å². The Morgan fingerprint density at radius 3 is 2.71 bits per heavy atom. The van der Waals surface area contributed by atoms with Crippen LogP contribution in [0.25, 0.3) is 0 Å². The van der Waals surface area contributed by atoms with E-state index in [-0.39, 0.29) is 6.61 Å². The van der Waals surface area contributed by atoms with E-state index in [0.29, 0.717) is 39.0 Å². The second-order valence-corrected chi connectivity index (χ2v) is 4.43. The number of aliphatic hydroxyl groups is 2. The molecule has 17 heavy (non-hydrogen) atoms. The summed E-state index contributed by atoms with van der Waals surface area (Å²) in [5.41, 5.74) is 0. The standard InChI is InChI=1S/C12H25NO4/c14-6-8-16-7-5-13-9-11(15)10-17-12-3-1-2-4-12/h11-15H,1-10H2. The van der Waals surface area contributed by atoms with E-state index in [1.807, 2.05) is 0 Å². The zero-order valence-corrected chi connectivity index (χ0v) is 10.4. The lowest BCUT2D eigenvalue weighted by Crippen LogP contribution is -2.33. The minimum absolute atomic E-state index is 0.0534. The molecule has 1 rings (SSSR count). The molecule has 1 aliphatic carbocycles. The maximum Gasteiger partial charge on any atom is 0.0897 e. The van der Waals surface area contributed by atoms with Crippen molar-refractivity contribution in [3.63, 3.8) is 0 Å². The largest absolute Gasteiger partial charge is 0.394 e. The number of aliphatic hydroxyl groups excluding tert-OH is 2. The number of rotatable bonds is 10. The molecule has 5 heteroatoms. The van der Waals surface area contributed by atoms with Crippen LogP contribution < -0.4 is 5.32 Å². The smallest absolute Gasteiger partial charge is 0.0897 e. The molecule has 5 nitrogen and oxygen atoms in total. The lowest BCUT2D eigenvalue weighted by atomic mass is 10.3. The molecule has 0 heterocycles. The molecule has 1 unspecified atom stereocenters. The summed E-state index contributed by atoms with van der Waals surface area (Å²) in [4.78, 5) is 0. The summed E-state index contributed by atoms with van der Waals surface area (Å²) >= 11 is 0. The number of nitrogens with one attached hydrogen (secondary N) is 1. The molecular formula is C12H25NO4. The highest BCUT2D eigenvalue weighted by molar-refractivity contribution is 4.68. The zero-order valence-electron chi connectivity index (χ0n) is 10.4. The highest BCUT2D eigenvalue weighted by Crippen LogP contribution is 2.20. The van der Waals surface area contributed by atoms with Gasteiger partial charge in [0.1, 0.15) is 0 Å². The average molecular weight is 247 g/mol. The van der Waals surface area contributed by atoms with Crippen LogP contribution in [0.5, 0.6) is 0 Å². The molecule has 0 saturated heterocycles. The van der Waals surface area contributed by atoms with E-state index in [4.69, 9.17) is 14.6 Å². The van der Waals surface area contributed by atoms with Crippen LogP contribution in [0.3, 0.4) is 0 Å². The summed E-state index contributed by atoms with van der Waals surface area (Å²) in [6, 6.07) is 0. The molecule has 1 fully saturated rings.